The molecule has 0 spiro atoms. The van der Waals surface area contributed by atoms with Crippen molar-refractivity contribution in [2.75, 3.05) is 20.7 Å². The van der Waals surface area contributed by atoms with Crippen molar-refractivity contribution >= 4 is 23.2 Å². The van der Waals surface area contributed by atoms with Gasteiger partial charge in [0.2, 0.25) is 0 Å². The number of aromatic nitrogens is 4. The lowest BCUT2D eigenvalue weighted by molar-refractivity contribution is -0.131. The van der Waals surface area contributed by atoms with Crippen molar-refractivity contribution in [2.24, 2.45) is 0 Å². The minimum atomic E-state index is -0.573. The summed E-state index contributed by atoms with van der Waals surface area (Å²) in [6.45, 7) is -0.293. The fourth-order valence-electron chi connectivity index (χ4n) is 1.23. The Morgan fingerprint density at radius 2 is 2.26 bits per heavy atom. The maximum absolute atomic E-state index is 11.9. The maximum atomic E-state index is 11.9. The van der Waals surface area contributed by atoms with Gasteiger partial charge in [-0.05, 0) is 21.9 Å². The van der Waals surface area contributed by atoms with Crippen molar-refractivity contribution < 1.29 is 14.3 Å². The summed E-state index contributed by atoms with van der Waals surface area (Å²) in [5.74, 6) is -0.857. The van der Waals surface area contributed by atoms with E-state index in [0.29, 0.717) is 10.6 Å². The van der Waals surface area contributed by atoms with E-state index in [2.05, 4.69) is 15.5 Å². The van der Waals surface area contributed by atoms with Crippen molar-refractivity contribution in [1.29, 1.82) is 0 Å². The first-order valence-electron chi connectivity index (χ1n) is 5.27. The SMILES string of the molecule is CN(C)C(=O)COC(=O)c1sccc1-n1cnnn1. The van der Waals surface area contributed by atoms with E-state index in [4.69, 9.17) is 4.74 Å². The quantitative estimate of drug-likeness (QED) is 0.731. The van der Waals surface area contributed by atoms with E-state index in [1.807, 2.05) is 0 Å². The van der Waals surface area contributed by atoms with Gasteiger partial charge in [0.1, 0.15) is 11.2 Å². The van der Waals surface area contributed by atoms with E-state index < -0.39 is 5.97 Å². The molecule has 0 unspecified atom stereocenters. The fourth-order valence-corrected chi connectivity index (χ4v) is 2.00. The third-order valence-corrected chi connectivity index (χ3v) is 3.13. The molecular weight excluding hydrogens is 270 g/mol. The van der Waals surface area contributed by atoms with Gasteiger partial charge in [0.25, 0.3) is 5.91 Å². The first-order valence-corrected chi connectivity index (χ1v) is 6.15. The van der Waals surface area contributed by atoms with Crippen molar-refractivity contribution in [2.45, 2.75) is 0 Å². The normalized spacial score (nSPS) is 10.2. The van der Waals surface area contributed by atoms with Crippen LogP contribution in [-0.2, 0) is 9.53 Å². The van der Waals surface area contributed by atoms with Crippen LogP contribution < -0.4 is 0 Å². The molecule has 2 aromatic heterocycles. The Bertz CT molecular complexity index is 578. The molecule has 0 aliphatic heterocycles. The molecular formula is C10H11N5O3S. The van der Waals surface area contributed by atoms with E-state index in [9.17, 15) is 9.59 Å². The lowest BCUT2D eigenvalue weighted by Crippen LogP contribution is -2.27. The molecule has 0 N–H and O–H groups in total. The molecule has 0 radical (unpaired) electrons. The van der Waals surface area contributed by atoms with Crippen LogP contribution in [0.1, 0.15) is 9.67 Å². The minimum Gasteiger partial charge on any atom is -0.451 e. The predicted octanol–water partition coefficient (Wildman–Crippen LogP) is -0.0312. The largest absolute Gasteiger partial charge is 0.451 e. The van der Waals surface area contributed by atoms with Gasteiger partial charge in [-0.15, -0.1) is 16.4 Å². The number of esters is 1. The van der Waals surface area contributed by atoms with Crippen molar-refractivity contribution in [3.8, 4) is 5.69 Å². The Balaban J connectivity index is 2.09. The van der Waals surface area contributed by atoms with Crippen LogP contribution in [0.25, 0.3) is 5.69 Å². The Morgan fingerprint density at radius 3 is 2.89 bits per heavy atom. The average molecular weight is 281 g/mol. The molecule has 0 atom stereocenters. The molecule has 2 rings (SSSR count). The lowest BCUT2D eigenvalue weighted by Gasteiger charge is -2.10. The fraction of sp³-hybridized carbons (Fsp3) is 0.300. The number of hydrogen-bond acceptors (Lipinski definition) is 7. The van der Waals surface area contributed by atoms with Gasteiger partial charge < -0.3 is 9.64 Å². The average Bonchev–Trinajstić information content (AvgIpc) is 3.04. The van der Waals surface area contributed by atoms with Crippen molar-refractivity contribution in [1.82, 2.24) is 25.1 Å². The van der Waals surface area contributed by atoms with Crippen molar-refractivity contribution in [3.05, 3.63) is 22.7 Å². The summed E-state index contributed by atoms with van der Waals surface area (Å²) in [5, 5.41) is 12.4. The Morgan fingerprint density at radius 1 is 1.47 bits per heavy atom. The molecule has 2 heterocycles. The molecule has 0 aromatic carbocycles. The predicted molar refractivity (Wildman–Crippen MR) is 66.0 cm³/mol. The van der Waals surface area contributed by atoms with Crippen LogP contribution in [-0.4, -0.2) is 57.7 Å². The number of ether oxygens (including phenoxy) is 1. The number of thiophene rings is 1. The molecule has 8 nitrogen and oxygen atoms in total. The summed E-state index contributed by atoms with van der Waals surface area (Å²) in [4.78, 5) is 24.9. The highest BCUT2D eigenvalue weighted by atomic mass is 32.1. The van der Waals surface area contributed by atoms with E-state index in [1.54, 1.807) is 25.5 Å². The van der Waals surface area contributed by atoms with Crippen LogP contribution in [0.5, 0.6) is 0 Å². The second kappa shape index (κ2) is 5.57. The molecule has 2 aromatic rings. The number of rotatable bonds is 4. The van der Waals surface area contributed by atoms with E-state index in [0.717, 1.165) is 0 Å². The number of carbonyl (C=O) groups excluding carboxylic acids is 2. The maximum Gasteiger partial charge on any atom is 0.351 e. The first-order chi connectivity index (χ1) is 9.09. The van der Waals surface area contributed by atoms with Crippen LogP contribution in [0.15, 0.2) is 17.8 Å². The lowest BCUT2D eigenvalue weighted by atomic mass is 10.4. The second-order valence-electron chi connectivity index (χ2n) is 3.75. The summed E-state index contributed by atoms with van der Waals surface area (Å²) < 4.78 is 6.31. The Labute approximate surface area is 112 Å². The molecule has 0 bridgehead atoms. The Kier molecular flexibility index (Phi) is 3.85. The first kappa shape index (κ1) is 13.1. The number of amides is 1. The molecule has 0 saturated carbocycles. The summed E-state index contributed by atoms with van der Waals surface area (Å²) in [6.07, 6.45) is 1.38. The highest BCUT2D eigenvalue weighted by Crippen LogP contribution is 2.20. The number of likely N-dealkylation sites (N-methyl/N-ethyl adjacent to an activating group) is 1. The van der Waals surface area contributed by atoms with Gasteiger partial charge in [0.05, 0.1) is 5.69 Å². The van der Waals surface area contributed by atoms with Crippen LogP contribution in [0.3, 0.4) is 0 Å². The van der Waals surface area contributed by atoms with Crippen LogP contribution >= 0.6 is 11.3 Å². The molecule has 9 heteroatoms. The van der Waals surface area contributed by atoms with Crippen LogP contribution in [0.2, 0.25) is 0 Å². The zero-order valence-corrected chi connectivity index (χ0v) is 11.1. The van der Waals surface area contributed by atoms with E-state index in [1.165, 1.54) is 27.2 Å². The zero-order chi connectivity index (χ0) is 13.8. The Hall–Kier alpha value is -2.29. The van der Waals surface area contributed by atoms with Gasteiger partial charge in [-0.25, -0.2) is 4.79 Å². The van der Waals surface area contributed by atoms with Gasteiger partial charge in [0, 0.05) is 14.1 Å². The third kappa shape index (κ3) is 2.94. The summed E-state index contributed by atoms with van der Waals surface area (Å²) in [6, 6.07) is 1.70. The summed E-state index contributed by atoms with van der Waals surface area (Å²) >= 11 is 1.20. The van der Waals surface area contributed by atoms with Crippen LogP contribution in [0, 0.1) is 0 Å². The highest BCUT2D eigenvalue weighted by Gasteiger charge is 2.18. The van der Waals surface area contributed by atoms with Gasteiger partial charge >= 0.3 is 5.97 Å². The molecule has 0 aliphatic rings. The highest BCUT2D eigenvalue weighted by molar-refractivity contribution is 7.12. The molecule has 1 amide bonds. The van der Waals surface area contributed by atoms with E-state index >= 15 is 0 Å². The summed E-state index contributed by atoms with van der Waals surface area (Å²) in [7, 11) is 3.18. The molecule has 19 heavy (non-hydrogen) atoms. The van der Waals surface area contributed by atoms with Crippen molar-refractivity contribution in [3.63, 3.8) is 0 Å². The molecule has 0 fully saturated rings. The number of hydrogen-bond donors (Lipinski definition) is 0. The van der Waals surface area contributed by atoms with Crippen LogP contribution in [0.4, 0.5) is 0 Å². The number of tetrazole rings is 1. The zero-order valence-electron chi connectivity index (χ0n) is 10.3. The molecule has 0 saturated heterocycles. The second-order valence-corrected chi connectivity index (χ2v) is 4.67. The van der Waals surface area contributed by atoms with E-state index in [-0.39, 0.29) is 12.5 Å². The molecule has 100 valence electrons. The van der Waals surface area contributed by atoms with Gasteiger partial charge in [-0.1, -0.05) is 0 Å². The third-order valence-electron chi connectivity index (χ3n) is 2.25. The molecule has 0 aliphatic carbocycles. The monoisotopic (exact) mass is 281 g/mol. The minimum absolute atomic E-state index is 0.283. The van der Waals surface area contributed by atoms with Gasteiger partial charge in [-0.2, -0.15) is 4.68 Å². The smallest absolute Gasteiger partial charge is 0.351 e. The number of carbonyl (C=O) groups is 2. The topological polar surface area (TPSA) is 90.2 Å². The van der Waals surface area contributed by atoms with Gasteiger partial charge in [-0.3, -0.25) is 4.79 Å². The van der Waals surface area contributed by atoms with Gasteiger partial charge in [0.15, 0.2) is 6.61 Å². The number of nitrogens with zero attached hydrogens (tertiary/aromatic N) is 5. The summed E-state index contributed by atoms with van der Waals surface area (Å²) in [5.41, 5.74) is 0.525. The standard InChI is InChI=1S/C10H11N5O3S/c1-14(2)8(16)5-18-10(17)9-7(3-4-19-9)15-6-11-12-13-15/h3-4,6H,5H2,1-2H3.